The van der Waals surface area contributed by atoms with Crippen LogP contribution in [0.5, 0.6) is 0 Å². The minimum atomic E-state index is -1.83. The quantitative estimate of drug-likeness (QED) is 0.125. The molecule has 338 valence electrons. The van der Waals surface area contributed by atoms with E-state index in [-0.39, 0.29) is 57.4 Å². The molecule has 8 aliphatic rings. The van der Waals surface area contributed by atoms with E-state index >= 15 is 0 Å². The Hall–Kier alpha value is -0.930. The van der Waals surface area contributed by atoms with Gasteiger partial charge in [0.15, 0.2) is 24.2 Å². The molecule has 4 unspecified atom stereocenters. The number of methoxy groups -OCH3 is 1. The van der Waals surface area contributed by atoms with Crippen molar-refractivity contribution in [3.8, 4) is 0 Å². The highest BCUT2D eigenvalue weighted by Crippen LogP contribution is 2.90. The van der Waals surface area contributed by atoms with E-state index in [2.05, 4.69) is 34.6 Å². The second kappa shape index (κ2) is 14.8. The number of hydrogen-bond acceptors (Lipinski definition) is 16. The van der Waals surface area contributed by atoms with Crippen molar-refractivity contribution >= 4 is 5.78 Å². The number of ether oxygens (including phenoxy) is 6. The lowest BCUT2D eigenvalue weighted by atomic mass is 9.41. The fourth-order valence-electron chi connectivity index (χ4n) is 15.2. The van der Waals surface area contributed by atoms with Crippen LogP contribution >= 0.6 is 0 Å². The average Bonchev–Trinajstić information content (AvgIpc) is 3.71. The van der Waals surface area contributed by atoms with E-state index in [0.29, 0.717) is 18.8 Å². The van der Waals surface area contributed by atoms with Crippen LogP contribution in [0.25, 0.3) is 0 Å². The second-order valence-electron chi connectivity index (χ2n) is 21.2. The maximum atomic E-state index is 13.1. The average molecular weight is 843 g/mol. The highest BCUT2D eigenvalue weighted by Gasteiger charge is 2.85. The van der Waals surface area contributed by atoms with Gasteiger partial charge in [-0.05, 0) is 96.7 Å². The van der Waals surface area contributed by atoms with Crippen LogP contribution in [0.1, 0.15) is 99.3 Å². The Morgan fingerprint density at radius 1 is 0.729 bits per heavy atom. The van der Waals surface area contributed by atoms with E-state index in [1.165, 1.54) is 6.92 Å². The van der Waals surface area contributed by atoms with Gasteiger partial charge in [-0.15, -0.1) is 0 Å². The molecule has 3 heterocycles. The monoisotopic (exact) mass is 842 g/mol. The Balaban J connectivity index is 1.01. The molecular weight excluding hydrogens is 772 g/mol. The van der Waals surface area contributed by atoms with Gasteiger partial charge in [0.05, 0.1) is 32.0 Å². The Kier molecular flexibility index (Phi) is 11.2. The molecule has 8 fully saturated rings. The number of carbonyl (C=O) groups excluding carboxylic acids is 1. The van der Waals surface area contributed by atoms with Crippen LogP contribution in [0.2, 0.25) is 0 Å². The van der Waals surface area contributed by atoms with Gasteiger partial charge in [0.25, 0.3) is 0 Å². The zero-order chi connectivity index (χ0) is 43.0. The molecule has 9 N–H and O–H groups in total. The number of fused-ring (bicyclic) bond motifs is 4. The lowest BCUT2D eigenvalue weighted by molar-refractivity contribution is -0.377. The number of Topliss-reactive ketones (excluding diaryl/α,β-unsaturated/α-hetero) is 1. The van der Waals surface area contributed by atoms with Crippen molar-refractivity contribution in [3.63, 3.8) is 0 Å². The first-order chi connectivity index (χ1) is 27.6. The second-order valence-corrected chi connectivity index (χ2v) is 21.2. The number of rotatable bonds is 11. The van der Waals surface area contributed by atoms with Crippen LogP contribution < -0.4 is 0 Å². The first-order valence-electron chi connectivity index (χ1n) is 21.9. The maximum Gasteiger partial charge on any atom is 0.187 e. The highest BCUT2D eigenvalue weighted by atomic mass is 16.8. The van der Waals surface area contributed by atoms with Crippen LogP contribution in [0.4, 0.5) is 0 Å². The van der Waals surface area contributed by atoms with Gasteiger partial charge in [-0.2, -0.15) is 0 Å². The van der Waals surface area contributed by atoms with Crippen molar-refractivity contribution in [1.82, 2.24) is 0 Å². The van der Waals surface area contributed by atoms with Crippen molar-refractivity contribution in [2.24, 2.45) is 50.7 Å². The number of carbonyl (C=O) groups is 1. The molecule has 59 heavy (non-hydrogen) atoms. The smallest absolute Gasteiger partial charge is 0.187 e. The van der Waals surface area contributed by atoms with Gasteiger partial charge in [0, 0.05) is 25.9 Å². The molecule has 16 nitrogen and oxygen atoms in total. The Labute approximate surface area is 346 Å². The minimum Gasteiger partial charge on any atom is -0.394 e. The normalized spacial score (nSPS) is 55.9. The molecule has 0 amide bonds. The topological polar surface area (TPSA) is 255 Å². The van der Waals surface area contributed by atoms with Crippen LogP contribution in [-0.2, 0) is 33.2 Å². The molecule has 5 saturated carbocycles. The predicted molar refractivity (Wildman–Crippen MR) is 205 cm³/mol. The first kappa shape index (κ1) is 44.7. The maximum absolute atomic E-state index is 13.1. The molecule has 0 radical (unpaired) electrons. The molecule has 16 heteroatoms. The Bertz CT molecular complexity index is 1590. The van der Waals surface area contributed by atoms with Gasteiger partial charge in [-0.3, -0.25) is 4.79 Å². The van der Waals surface area contributed by atoms with Crippen molar-refractivity contribution < 1.29 is 79.2 Å². The number of aliphatic hydroxyl groups is 9. The van der Waals surface area contributed by atoms with Gasteiger partial charge in [-0.25, -0.2) is 0 Å². The number of ketones is 1. The SMILES string of the molecule is CO[C@]12C[C@@]3(C)[C@@H]4CCC5C(C)(C)[C@@H](O[C@@H]6O[C@H](CO)[C@@H](O)[C@H](O)[C@H]6O[C@@H]6O[C@H](CO)[C@@H](O)[C@H](O)[C@H]6O)CC[C@@]56C[C@@]46CC[C@]3(C)C1C(C)[C@H](CC(=O)C(C)(O)CO)O2. The van der Waals surface area contributed by atoms with Crippen LogP contribution in [-0.4, -0.2) is 164 Å². The van der Waals surface area contributed by atoms with Crippen LogP contribution in [0, 0.1) is 50.7 Å². The third kappa shape index (κ3) is 6.13. The standard InChI is InChI=1S/C43H70O16/c1-20-21(14-26(47)40(6,53)19-46)59-43(54-7)17-39(5)25-9-8-24-37(2,3)27(10-11-41(24)18-42(25,41)13-12-38(39,4)34(20)43)57-36-33(31(51)29(49)23(16-45)56-36)58-35-32(52)30(50)28(48)22(15-44)55-35/h20-25,27-36,44-46,48-53H,8-19H2,1-7H3/t20?,21-,22+,23+,24?,25-,27-,28+,29+,30-,31-,32+,33+,34?,35-,36-,38+,39-,40?,41+,42-,43-/m0/s1. The predicted octanol–water partition coefficient (Wildman–Crippen LogP) is 0.125. The van der Waals surface area contributed by atoms with Gasteiger partial charge >= 0.3 is 0 Å². The minimum absolute atomic E-state index is 0.00628. The third-order valence-corrected chi connectivity index (χ3v) is 18.5. The van der Waals surface area contributed by atoms with Crippen LogP contribution in [0.3, 0.4) is 0 Å². The Morgan fingerprint density at radius 2 is 1.34 bits per heavy atom. The molecule has 0 bridgehead atoms. The van der Waals surface area contributed by atoms with Crippen molar-refractivity contribution in [1.29, 1.82) is 0 Å². The summed E-state index contributed by atoms with van der Waals surface area (Å²) in [5.41, 5.74) is -2.25. The molecular formula is C43H70O16. The van der Waals surface area contributed by atoms with Crippen molar-refractivity contribution in [2.75, 3.05) is 26.9 Å². The molecule has 22 atom stereocenters. The summed E-state index contributed by atoms with van der Waals surface area (Å²) in [5, 5.41) is 93.7. The molecule has 8 rings (SSSR count). The largest absolute Gasteiger partial charge is 0.394 e. The molecule has 0 aromatic carbocycles. The molecule has 0 aromatic rings. The zero-order valence-corrected chi connectivity index (χ0v) is 35.6. The van der Waals surface area contributed by atoms with E-state index in [4.69, 9.17) is 28.4 Å². The highest BCUT2D eigenvalue weighted by molar-refractivity contribution is 5.87. The van der Waals surface area contributed by atoms with E-state index < -0.39 is 105 Å². The summed E-state index contributed by atoms with van der Waals surface area (Å²) >= 11 is 0. The van der Waals surface area contributed by atoms with Gasteiger partial charge in [0.2, 0.25) is 0 Å². The van der Waals surface area contributed by atoms with Gasteiger partial charge < -0.3 is 74.4 Å². The van der Waals surface area contributed by atoms with Crippen molar-refractivity contribution in [2.45, 2.75) is 184 Å². The van der Waals surface area contributed by atoms with Crippen LogP contribution in [0.15, 0.2) is 0 Å². The molecule has 3 aliphatic heterocycles. The number of hydrogen-bond donors (Lipinski definition) is 9. The van der Waals surface area contributed by atoms with Gasteiger partial charge in [-0.1, -0.05) is 34.6 Å². The Morgan fingerprint density at radius 3 is 1.97 bits per heavy atom. The fourth-order valence-corrected chi connectivity index (χ4v) is 15.2. The summed E-state index contributed by atoms with van der Waals surface area (Å²) in [7, 11) is 1.71. The molecule has 5 aliphatic carbocycles. The molecule has 0 aromatic heterocycles. The molecule has 2 spiro atoms. The van der Waals surface area contributed by atoms with E-state index in [0.717, 1.165) is 38.5 Å². The lowest BCUT2D eigenvalue weighted by Crippen LogP contribution is -2.65. The van der Waals surface area contributed by atoms with E-state index in [1.807, 2.05) is 0 Å². The summed E-state index contributed by atoms with van der Waals surface area (Å²) < 4.78 is 37.7. The van der Waals surface area contributed by atoms with Gasteiger partial charge in [0.1, 0.15) is 54.4 Å². The fraction of sp³-hybridized carbons (Fsp3) is 0.977. The third-order valence-electron chi connectivity index (χ3n) is 18.5. The number of aliphatic hydroxyl groups excluding tert-OH is 8. The summed E-state index contributed by atoms with van der Waals surface area (Å²) in [5.74, 6) is -0.566. The summed E-state index contributed by atoms with van der Waals surface area (Å²) in [6.45, 7) is 10.9. The molecule has 3 saturated heterocycles. The zero-order valence-electron chi connectivity index (χ0n) is 35.6. The summed E-state index contributed by atoms with van der Waals surface area (Å²) in [4.78, 5) is 13.1. The lowest BCUT2D eigenvalue weighted by Gasteiger charge is -2.63. The van der Waals surface area contributed by atoms with E-state index in [1.54, 1.807) is 7.11 Å². The van der Waals surface area contributed by atoms with E-state index in [9.17, 15) is 50.8 Å². The van der Waals surface area contributed by atoms with Crippen molar-refractivity contribution in [3.05, 3.63) is 0 Å². The first-order valence-corrected chi connectivity index (χ1v) is 21.9. The summed E-state index contributed by atoms with van der Waals surface area (Å²) in [6.07, 6.45) is -8.48. The summed E-state index contributed by atoms with van der Waals surface area (Å²) in [6, 6.07) is 0.